The molecule has 4 nitrogen and oxygen atoms in total. The molecule has 0 saturated heterocycles. The Bertz CT molecular complexity index is 271. The van der Waals surface area contributed by atoms with Crippen LogP contribution in [0.1, 0.15) is 19.4 Å². The summed E-state index contributed by atoms with van der Waals surface area (Å²) in [6, 6.07) is 3.98. The van der Waals surface area contributed by atoms with Gasteiger partial charge in [-0.15, -0.1) is 0 Å². The van der Waals surface area contributed by atoms with E-state index in [-0.39, 0.29) is 0 Å². The highest BCUT2D eigenvalue weighted by molar-refractivity contribution is 5.35. The van der Waals surface area contributed by atoms with Crippen molar-refractivity contribution in [3.05, 3.63) is 23.9 Å². The van der Waals surface area contributed by atoms with Gasteiger partial charge in [-0.25, -0.2) is 10.8 Å². The van der Waals surface area contributed by atoms with Crippen LogP contribution >= 0.6 is 0 Å². The minimum absolute atomic E-state index is 0.717. The van der Waals surface area contributed by atoms with Crippen molar-refractivity contribution < 1.29 is 0 Å². The van der Waals surface area contributed by atoms with Crippen molar-refractivity contribution in [1.82, 2.24) is 9.88 Å². The predicted molar refractivity (Wildman–Crippen MR) is 58.7 cm³/mol. The van der Waals surface area contributed by atoms with E-state index >= 15 is 0 Å². The van der Waals surface area contributed by atoms with Crippen molar-refractivity contribution in [2.75, 3.05) is 18.5 Å². The SMILES string of the molecule is CCN(CC)Cc1ccnc(NN)c1. The van der Waals surface area contributed by atoms with E-state index in [4.69, 9.17) is 5.84 Å². The molecule has 0 spiro atoms. The molecule has 0 amide bonds. The molecule has 0 bridgehead atoms. The maximum Gasteiger partial charge on any atom is 0.140 e. The van der Waals surface area contributed by atoms with Crippen LogP contribution in [0.5, 0.6) is 0 Å². The molecule has 0 fully saturated rings. The van der Waals surface area contributed by atoms with Gasteiger partial charge in [-0.1, -0.05) is 13.8 Å². The van der Waals surface area contributed by atoms with Gasteiger partial charge < -0.3 is 5.43 Å². The van der Waals surface area contributed by atoms with Crippen LogP contribution in [0.4, 0.5) is 5.82 Å². The summed E-state index contributed by atoms with van der Waals surface area (Å²) < 4.78 is 0. The number of nitrogens with one attached hydrogen (secondary N) is 1. The third kappa shape index (κ3) is 2.97. The number of aromatic nitrogens is 1. The van der Waals surface area contributed by atoms with E-state index < -0.39 is 0 Å². The number of hydrogen-bond donors (Lipinski definition) is 2. The molecule has 0 aliphatic carbocycles. The first-order valence-electron chi connectivity index (χ1n) is 4.94. The van der Waals surface area contributed by atoms with Crippen molar-refractivity contribution in [3.63, 3.8) is 0 Å². The Hall–Kier alpha value is -1.13. The summed E-state index contributed by atoms with van der Waals surface area (Å²) in [6.45, 7) is 7.39. The van der Waals surface area contributed by atoms with Gasteiger partial charge in [-0.05, 0) is 30.8 Å². The maximum absolute atomic E-state index is 5.29. The highest BCUT2D eigenvalue weighted by Crippen LogP contribution is 2.08. The van der Waals surface area contributed by atoms with E-state index in [1.807, 2.05) is 12.1 Å². The summed E-state index contributed by atoms with van der Waals surface area (Å²) in [5.74, 6) is 6.01. The smallest absolute Gasteiger partial charge is 0.140 e. The fraction of sp³-hybridized carbons (Fsp3) is 0.500. The van der Waals surface area contributed by atoms with Crippen LogP contribution in [0.25, 0.3) is 0 Å². The lowest BCUT2D eigenvalue weighted by Gasteiger charge is -2.17. The van der Waals surface area contributed by atoms with Gasteiger partial charge in [0.25, 0.3) is 0 Å². The van der Waals surface area contributed by atoms with E-state index in [2.05, 4.69) is 29.2 Å². The van der Waals surface area contributed by atoms with Gasteiger partial charge in [-0.2, -0.15) is 0 Å². The Morgan fingerprint density at radius 3 is 2.71 bits per heavy atom. The zero-order chi connectivity index (χ0) is 10.4. The molecule has 0 aliphatic heterocycles. The van der Waals surface area contributed by atoms with Crippen LogP contribution in [0.2, 0.25) is 0 Å². The normalized spacial score (nSPS) is 10.6. The number of anilines is 1. The average Bonchev–Trinajstić information content (AvgIpc) is 2.26. The first-order chi connectivity index (χ1) is 6.80. The predicted octanol–water partition coefficient (Wildman–Crippen LogP) is 1.21. The van der Waals surface area contributed by atoms with Gasteiger partial charge in [0.05, 0.1) is 0 Å². The molecule has 1 aromatic rings. The quantitative estimate of drug-likeness (QED) is 0.546. The third-order valence-corrected chi connectivity index (χ3v) is 2.27. The number of pyridine rings is 1. The molecule has 4 heteroatoms. The Kier molecular flexibility index (Phi) is 4.35. The second kappa shape index (κ2) is 5.57. The minimum Gasteiger partial charge on any atom is -0.308 e. The molecule has 0 unspecified atom stereocenters. The lowest BCUT2D eigenvalue weighted by molar-refractivity contribution is 0.296. The van der Waals surface area contributed by atoms with Crippen LogP contribution in [-0.4, -0.2) is 23.0 Å². The van der Waals surface area contributed by atoms with Gasteiger partial charge in [-0.3, -0.25) is 4.90 Å². The fourth-order valence-electron chi connectivity index (χ4n) is 1.36. The summed E-state index contributed by atoms with van der Waals surface area (Å²) in [5, 5.41) is 0. The van der Waals surface area contributed by atoms with Crippen molar-refractivity contribution >= 4 is 5.82 Å². The van der Waals surface area contributed by atoms with Crippen molar-refractivity contribution in [2.45, 2.75) is 20.4 Å². The summed E-state index contributed by atoms with van der Waals surface area (Å²) in [6.07, 6.45) is 1.77. The van der Waals surface area contributed by atoms with Crippen molar-refractivity contribution in [3.8, 4) is 0 Å². The Morgan fingerprint density at radius 2 is 2.14 bits per heavy atom. The molecule has 1 aromatic heterocycles. The molecular formula is C10H18N4. The number of nitrogens with zero attached hydrogens (tertiary/aromatic N) is 2. The third-order valence-electron chi connectivity index (χ3n) is 2.27. The molecule has 0 aromatic carbocycles. The van der Waals surface area contributed by atoms with Crippen molar-refractivity contribution in [2.24, 2.45) is 5.84 Å². The van der Waals surface area contributed by atoms with E-state index in [0.717, 1.165) is 25.5 Å². The van der Waals surface area contributed by atoms with Crippen LogP contribution in [0, 0.1) is 0 Å². The minimum atomic E-state index is 0.717. The molecule has 0 aliphatic rings. The zero-order valence-electron chi connectivity index (χ0n) is 8.83. The van der Waals surface area contributed by atoms with Crippen LogP contribution in [-0.2, 0) is 6.54 Å². The molecule has 1 rings (SSSR count). The number of nitrogen functional groups attached to an aromatic ring is 1. The molecule has 0 atom stereocenters. The van der Waals surface area contributed by atoms with Crippen LogP contribution < -0.4 is 11.3 Å². The van der Waals surface area contributed by atoms with Gasteiger partial charge in [0.1, 0.15) is 5.82 Å². The summed E-state index contributed by atoms with van der Waals surface area (Å²) >= 11 is 0. The van der Waals surface area contributed by atoms with E-state index in [0.29, 0.717) is 0 Å². The highest BCUT2D eigenvalue weighted by Gasteiger charge is 2.01. The Labute approximate surface area is 85.1 Å². The number of rotatable bonds is 5. The molecule has 0 saturated carbocycles. The van der Waals surface area contributed by atoms with Crippen LogP contribution in [0.3, 0.4) is 0 Å². The molecule has 78 valence electrons. The van der Waals surface area contributed by atoms with E-state index in [9.17, 15) is 0 Å². The molecule has 14 heavy (non-hydrogen) atoms. The average molecular weight is 194 g/mol. The second-order valence-electron chi connectivity index (χ2n) is 3.16. The molecular weight excluding hydrogens is 176 g/mol. The van der Waals surface area contributed by atoms with Crippen molar-refractivity contribution in [1.29, 1.82) is 0 Å². The van der Waals surface area contributed by atoms with E-state index in [1.54, 1.807) is 6.20 Å². The highest BCUT2D eigenvalue weighted by atomic mass is 15.2. The summed E-state index contributed by atoms with van der Waals surface area (Å²) in [4.78, 5) is 6.41. The first-order valence-corrected chi connectivity index (χ1v) is 4.94. The lowest BCUT2D eigenvalue weighted by Crippen LogP contribution is -2.22. The molecule has 1 heterocycles. The monoisotopic (exact) mass is 194 g/mol. The zero-order valence-corrected chi connectivity index (χ0v) is 8.83. The van der Waals surface area contributed by atoms with Gasteiger partial charge in [0.2, 0.25) is 0 Å². The largest absolute Gasteiger partial charge is 0.308 e. The fourth-order valence-corrected chi connectivity index (χ4v) is 1.36. The standard InChI is InChI=1S/C10H18N4/c1-3-14(4-2)8-9-5-6-12-10(7-9)13-11/h5-7H,3-4,8,11H2,1-2H3,(H,12,13). The molecule has 3 N–H and O–H groups in total. The second-order valence-corrected chi connectivity index (χ2v) is 3.16. The van der Waals surface area contributed by atoms with E-state index in [1.165, 1.54) is 5.56 Å². The van der Waals surface area contributed by atoms with Gasteiger partial charge in [0, 0.05) is 12.7 Å². The Balaban J connectivity index is 2.65. The summed E-state index contributed by atoms with van der Waals surface area (Å²) in [7, 11) is 0. The van der Waals surface area contributed by atoms with Gasteiger partial charge >= 0.3 is 0 Å². The number of nitrogens with two attached hydrogens (primary N) is 1. The Morgan fingerprint density at radius 1 is 1.43 bits per heavy atom. The number of hydrogen-bond acceptors (Lipinski definition) is 4. The lowest BCUT2D eigenvalue weighted by atomic mass is 10.2. The summed E-state index contributed by atoms with van der Waals surface area (Å²) in [5.41, 5.74) is 3.78. The number of hydrazine groups is 1. The van der Waals surface area contributed by atoms with Gasteiger partial charge in [0.15, 0.2) is 0 Å². The molecule has 0 radical (unpaired) electrons. The maximum atomic E-state index is 5.29. The first kappa shape index (κ1) is 10.9. The van der Waals surface area contributed by atoms with Crippen LogP contribution in [0.15, 0.2) is 18.3 Å². The topological polar surface area (TPSA) is 54.2 Å².